The first-order valence-corrected chi connectivity index (χ1v) is 7.25. The molecule has 2 heterocycles. The Bertz CT molecular complexity index is 673. The van der Waals surface area contributed by atoms with Gasteiger partial charge in [-0.15, -0.1) is 0 Å². The normalized spacial score (nSPS) is 27.1. The van der Waals surface area contributed by atoms with Gasteiger partial charge >= 0.3 is 116 Å². The number of aromatic nitrogens is 2. The van der Waals surface area contributed by atoms with Crippen molar-refractivity contribution in [3.05, 3.63) is 33.1 Å². The standard InChI is InChI=1S/C9H13N2O9P.2K.2H/c12-5-1-2-11(9(15)10-5)8-7(14)6(13)4(20-8)3-19-21(16,17)18;;;;/h1-2,4,6-8,13-14H,3H2,(H,10,12,15)(H2,16,17,18);;;;/t4-,6-,7-,8-;;;;/m0..../s1. The van der Waals surface area contributed by atoms with Crippen molar-refractivity contribution in [2.24, 2.45) is 0 Å². The van der Waals surface area contributed by atoms with Gasteiger partial charge in [-0.2, -0.15) is 0 Å². The Morgan fingerprint density at radius 2 is 1.87 bits per heavy atom. The van der Waals surface area contributed by atoms with Crippen molar-refractivity contribution in [1.82, 2.24) is 9.55 Å². The zero-order valence-corrected chi connectivity index (χ0v) is 11.3. The summed E-state index contributed by atoms with van der Waals surface area (Å²) in [6, 6.07) is 1.02. The Morgan fingerprint density at radius 1 is 1.26 bits per heavy atom. The third-order valence-corrected chi connectivity index (χ3v) is 3.35. The number of hydrogen-bond donors (Lipinski definition) is 5. The molecule has 4 atom stereocenters. The van der Waals surface area contributed by atoms with Crippen LogP contribution in [-0.2, 0) is 13.8 Å². The van der Waals surface area contributed by atoms with E-state index in [1.165, 1.54) is 0 Å². The molecule has 1 fully saturated rings. The minimum absolute atomic E-state index is 0. The Labute approximate surface area is 214 Å². The molecule has 0 bridgehead atoms. The monoisotopic (exact) mass is 404 g/mol. The molecule has 5 N–H and O–H groups in total. The van der Waals surface area contributed by atoms with Gasteiger partial charge in [0.15, 0.2) is 6.23 Å². The van der Waals surface area contributed by atoms with E-state index in [1.807, 2.05) is 4.98 Å². The maximum absolute atomic E-state index is 11.6. The zero-order chi connectivity index (χ0) is 15.8. The van der Waals surface area contributed by atoms with E-state index in [1.54, 1.807) is 0 Å². The molecule has 122 valence electrons. The second kappa shape index (κ2) is 10.3. The van der Waals surface area contributed by atoms with Crippen LogP contribution >= 0.6 is 7.82 Å². The van der Waals surface area contributed by atoms with Crippen molar-refractivity contribution >= 4 is 111 Å². The van der Waals surface area contributed by atoms with E-state index in [2.05, 4.69) is 4.52 Å². The van der Waals surface area contributed by atoms with Gasteiger partial charge in [-0.25, -0.2) is 9.36 Å². The number of rotatable bonds is 4. The van der Waals surface area contributed by atoms with Crippen molar-refractivity contribution in [2.45, 2.75) is 24.5 Å². The second-order valence-electron chi connectivity index (χ2n) is 4.35. The maximum atomic E-state index is 11.6. The van der Waals surface area contributed by atoms with Crippen LogP contribution in [0.2, 0.25) is 0 Å². The fraction of sp³-hybridized carbons (Fsp3) is 0.556. The van der Waals surface area contributed by atoms with Gasteiger partial charge in [0, 0.05) is 12.3 Å². The van der Waals surface area contributed by atoms with Crippen LogP contribution in [0.1, 0.15) is 6.23 Å². The first kappa shape index (κ1) is 24.9. The molecule has 0 saturated carbocycles. The van der Waals surface area contributed by atoms with Gasteiger partial charge in [0.05, 0.1) is 6.61 Å². The first-order chi connectivity index (χ1) is 9.69. The molecule has 0 radical (unpaired) electrons. The number of hydrogen-bond acceptors (Lipinski definition) is 7. The van der Waals surface area contributed by atoms with Gasteiger partial charge in [0.2, 0.25) is 0 Å². The number of nitrogens with zero attached hydrogens (tertiary/aromatic N) is 1. The number of aliphatic hydroxyl groups excluding tert-OH is 2. The summed E-state index contributed by atoms with van der Waals surface area (Å²) in [6.07, 6.45) is -4.58. The van der Waals surface area contributed by atoms with Crippen LogP contribution in [0.15, 0.2) is 21.9 Å². The van der Waals surface area contributed by atoms with Crippen LogP contribution in [0.5, 0.6) is 0 Å². The summed E-state index contributed by atoms with van der Waals surface area (Å²) in [5.41, 5.74) is -1.51. The average molecular weight is 404 g/mol. The predicted molar refractivity (Wildman–Crippen MR) is 79.5 cm³/mol. The summed E-state index contributed by atoms with van der Waals surface area (Å²) in [5, 5.41) is 19.6. The van der Waals surface area contributed by atoms with E-state index in [4.69, 9.17) is 14.5 Å². The molecular formula is C9H15K2N2O9P. The molecule has 0 aliphatic carbocycles. The minimum atomic E-state index is -4.76. The quantitative estimate of drug-likeness (QED) is 0.247. The van der Waals surface area contributed by atoms with Gasteiger partial charge < -0.3 is 24.7 Å². The molecule has 1 aliphatic rings. The van der Waals surface area contributed by atoms with Crippen LogP contribution in [0.25, 0.3) is 0 Å². The second-order valence-corrected chi connectivity index (χ2v) is 5.59. The Hall–Kier alpha value is 1.94. The van der Waals surface area contributed by atoms with Gasteiger partial charge in [0.1, 0.15) is 18.3 Å². The molecular weight excluding hydrogens is 389 g/mol. The van der Waals surface area contributed by atoms with Gasteiger partial charge in [0.25, 0.3) is 5.56 Å². The summed E-state index contributed by atoms with van der Waals surface area (Å²) >= 11 is 0. The number of phosphoric ester groups is 1. The fourth-order valence-electron chi connectivity index (χ4n) is 1.89. The number of aliphatic hydroxyl groups is 2. The summed E-state index contributed by atoms with van der Waals surface area (Å²) in [5.74, 6) is 0. The van der Waals surface area contributed by atoms with Crippen LogP contribution < -0.4 is 11.2 Å². The van der Waals surface area contributed by atoms with Crippen molar-refractivity contribution in [3.63, 3.8) is 0 Å². The fourth-order valence-corrected chi connectivity index (χ4v) is 2.24. The van der Waals surface area contributed by atoms with Crippen LogP contribution in [0.3, 0.4) is 0 Å². The van der Waals surface area contributed by atoms with E-state index in [0.29, 0.717) is 0 Å². The van der Waals surface area contributed by atoms with Crippen LogP contribution in [0.4, 0.5) is 0 Å². The molecule has 2 rings (SSSR count). The molecule has 1 saturated heterocycles. The molecule has 14 heteroatoms. The molecule has 23 heavy (non-hydrogen) atoms. The average Bonchev–Trinajstić information content (AvgIpc) is 2.64. The van der Waals surface area contributed by atoms with Crippen LogP contribution in [0, 0.1) is 0 Å². The van der Waals surface area contributed by atoms with Gasteiger partial charge in [-0.05, 0) is 0 Å². The Kier molecular flexibility index (Phi) is 11.2. The van der Waals surface area contributed by atoms with E-state index < -0.39 is 50.2 Å². The summed E-state index contributed by atoms with van der Waals surface area (Å²) in [4.78, 5) is 41.6. The third kappa shape index (κ3) is 6.88. The molecule has 0 unspecified atom stereocenters. The number of H-pyrrole nitrogens is 1. The predicted octanol–water partition coefficient (Wildman–Crippen LogP) is -4.03. The Balaban J connectivity index is 0.00000242. The molecule has 0 amide bonds. The zero-order valence-electron chi connectivity index (χ0n) is 10.4. The number of nitrogens with one attached hydrogen (secondary N) is 1. The van der Waals surface area contributed by atoms with Crippen LogP contribution in [-0.4, -0.2) is 157 Å². The molecule has 11 nitrogen and oxygen atoms in total. The van der Waals surface area contributed by atoms with E-state index in [0.717, 1.165) is 16.8 Å². The van der Waals surface area contributed by atoms with E-state index in [-0.39, 0.29) is 103 Å². The van der Waals surface area contributed by atoms with Gasteiger partial charge in [-0.3, -0.25) is 18.9 Å². The van der Waals surface area contributed by atoms with Crippen molar-refractivity contribution < 1.29 is 33.8 Å². The molecule has 1 aliphatic heterocycles. The van der Waals surface area contributed by atoms with E-state index in [9.17, 15) is 24.4 Å². The summed E-state index contributed by atoms with van der Waals surface area (Å²) in [7, 11) is -4.76. The number of phosphoric acid groups is 1. The van der Waals surface area contributed by atoms with E-state index >= 15 is 0 Å². The van der Waals surface area contributed by atoms with Crippen molar-refractivity contribution in [3.8, 4) is 0 Å². The molecule has 0 spiro atoms. The molecule has 1 aromatic rings. The van der Waals surface area contributed by atoms with Crippen molar-refractivity contribution in [1.29, 1.82) is 0 Å². The topological polar surface area (TPSA) is 171 Å². The summed E-state index contributed by atoms with van der Waals surface area (Å²) < 4.78 is 20.8. The SMILES string of the molecule is O=c1ccn([C@H]2O[C@@H](COP(=O)(O)O)[C@H](O)[C@@H]2O)c(=O)[nH]1.[KH].[KH]. The number of ether oxygens (including phenoxy) is 1. The molecule has 1 aromatic heterocycles. The summed E-state index contributed by atoms with van der Waals surface area (Å²) in [6.45, 7) is -0.683. The Morgan fingerprint density at radius 3 is 2.39 bits per heavy atom. The third-order valence-electron chi connectivity index (χ3n) is 2.87. The number of aromatic amines is 1. The first-order valence-electron chi connectivity index (χ1n) is 5.72. The van der Waals surface area contributed by atoms with Gasteiger partial charge in [-0.1, -0.05) is 0 Å². The van der Waals surface area contributed by atoms with Crippen molar-refractivity contribution in [2.75, 3.05) is 6.61 Å². The molecule has 0 aromatic carbocycles.